The molecule has 4 nitrogen and oxygen atoms in total. The Hall–Kier alpha value is -1.84. The zero-order chi connectivity index (χ0) is 14.1. The highest BCUT2D eigenvalue weighted by molar-refractivity contribution is 5.92. The van der Waals surface area contributed by atoms with Crippen LogP contribution < -0.4 is 0 Å². The Morgan fingerprint density at radius 2 is 2.25 bits per heavy atom. The maximum absolute atomic E-state index is 11.0. The van der Waals surface area contributed by atoms with Crippen molar-refractivity contribution in [3.63, 3.8) is 0 Å². The van der Waals surface area contributed by atoms with Crippen molar-refractivity contribution < 1.29 is 9.90 Å². The number of carbonyl (C=O) groups is 1. The highest BCUT2D eigenvalue weighted by Gasteiger charge is 2.18. The van der Waals surface area contributed by atoms with Gasteiger partial charge in [-0.3, -0.25) is 0 Å². The van der Waals surface area contributed by atoms with Crippen molar-refractivity contribution in [2.75, 3.05) is 0 Å². The lowest BCUT2D eigenvalue weighted by molar-refractivity contribution is 0.0697. The summed E-state index contributed by atoms with van der Waals surface area (Å²) in [5.74, 6) is 1.03. The first kappa shape index (κ1) is 13.2. The van der Waals surface area contributed by atoms with Crippen LogP contribution in [0, 0.1) is 5.92 Å². The second-order valence-electron chi connectivity index (χ2n) is 5.63. The molecular weight excluding hydrogens is 252 g/mol. The number of rotatable bonds is 5. The van der Waals surface area contributed by atoms with Crippen LogP contribution in [0.25, 0.3) is 11.0 Å². The number of aromatic nitrogens is 2. The van der Waals surface area contributed by atoms with E-state index >= 15 is 0 Å². The van der Waals surface area contributed by atoms with Gasteiger partial charge in [-0.1, -0.05) is 26.2 Å². The zero-order valence-corrected chi connectivity index (χ0v) is 11.8. The van der Waals surface area contributed by atoms with Crippen molar-refractivity contribution in [3.05, 3.63) is 29.6 Å². The number of aryl methyl sites for hydroxylation is 2. The van der Waals surface area contributed by atoms with Gasteiger partial charge in [0.2, 0.25) is 0 Å². The van der Waals surface area contributed by atoms with E-state index in [1.54, 1.807) is 12.1 Å². The molecule has 0 spiro atoms. The molecule has 0 bridgehead atoms. The predicted octanol–water partition coefficient (Wildman–Crippen LogP) is 3.49. The number of nitrogens with zero attached hydrogens (tertiary/aromatic N) is 2. The van der Waals surface area contributed by atoms with Gasteiger partial charge in [0, 0.05) is 13.0 Å². The molecule has 106 valence electrons. The summed E-state index contributed by atoms with van der Waals surface area (Å²) in [6.45, 7) is 3.09. The number of carboxylic acid groups (broad SMARTS) is 1. The van der Waals surface area contributed by atoms with Crippen molar-refractivity contribution >= 4 is 17.0 Å². The lowest BCUT2D eigenvalue weighted by Gasteiger charge is -2.25. The number of fused-ring (bicyclic) bond motifs is 1. The minimum absolute atomic E-state index is 0.309. The molecule has 4 heteroatoms. The van der Waals surface area contributed by atoms with Gasteiger partial charge in [0.15, 0.2) is 0 Å². The van der Waals surface area contributed by atoms with Gasteiger partial charge >= 0.3 is 5.97 Å². The van der Waals surface area contributed by atoms with E-state index in [2.05, 4.69) is 16.5 Å². The van der Waals surface area contributed by atoms with E-state index in [4.69, 9.17) is 5.11 Å². The minimum atomic E-state index is -0.894. The van der Waals surface area contributed by atoms with Crippen LogP contribution in [0.5, 0.6) is 0 Å². The van der Waals surface area contributed by atoms with Crippen LogP contribution >= 0.6 is 0 Å². The normalized spacial score (nSPS) is 15.4. The van der Waals surface area contributed by atoms with Crippen molar-refractivity contribution in [1.82, 2.24) is 9.55 Å². The molecule has 1 aliphatic carbocycles. The molecule has 1 aliphatic rings. The van der Waals surface area contributed by atoms with Gasteiger partial charge in [-0.25, -0.2) is 9.78 Å². The summed E-state index contributed by atoms with van der Waals surface area (Å²) in [4.78, 5) is 15.6. The van der Waals surface area contributed by atoms with E-state index in [9.17, 15) is 4.79 Å². The molecule has 20 heavy (non-hydrogen) atoms. The van der Waals surface area contributed by atoms with Gasteiger partial charge in [-0.2, -0.15) is 0 Å². The summed E-state index contributed by atoms with van der Waals surface area (Å²) in [5.41, 5.74) is 2.17. The minimum Gasteiger partial charge on any atom is -0.478 e. The van der Waals surface area contributed by atoms with Crippen LogP contribution in [0.4, 0.5) is 0 Å². The standard InChI is InChI=1S/C16H20N2O2/c1-2-15-17-13-10-12(16(19)20)6-7-14(13)18(15)9-8-11-4-3-5-11/h6-7,10-11H,2-5,8-9H2,1H3,(H,19,20). The fraction of sp³-hybridized carbons (Fsp3) is 0.500. The van der Waals surface area contributed by atoms with Gasteiger partial charge in [0.1, 0.15) is 5.82 Å². The van der Waals surface area contributed by atoms with E-state index in [0.29, 0.717) is 5.56 Å². The van der Waals surface area contributed by atoms with Crippen molar-refractivity contribution in [3.8, 4) is 0 Å². The molecular formula is C16H20N2O2. The third-order valence-corrected chi connectivity index (χ3v) is 4.38. The monoisotopic (exact) mass is 272 g/mol. The predicted molar refractivity (Wildman–Crippen MR) is 78.0 cm³/mol. The molecule has 0 atom stereocenters. The van der Waals surface area contributed by atoms with Crippen LogP contribution in [0.1, 0.15) is 48.8 Å². The van der Waals surface area contributed by atoms with E-state index in [1.165, 1.54) is 25.7 Å². The zero-order valence-electron chi connectivity index (χ0n) is 11.8. The van der Waals surface area contributed by atoms with Gasteiger partial charge < -0.3 is 9.67 Å². The Kier molecular flexibility index (Phi) is 3.47. The van der Waals surface area contributed by atoms with Gasteiger partial charge in [0.05, 0.1) is 16.6 Å². The van der Waals surface area contributed by atoms with Gasteiger partial charge in [0.25, 0.3) is 0 Å². The smallest absolute Gasteiger partial charge is 0.335 e. The topological polar surface area (TPSA) is 55.1 Å². The van der Waals surface area contributed by atoms with E-state index in [0.717, 1.165) is 35.7 Å². The van der Waals surface area contributed by atoms with E-state index < -0.39 is 5.97 Å². The molecule has 2 aromatic rings. The highest BCUT2D eigenvalue weighted by atomic mass is 16.4. The Labute approximate surface area is 118 Å². The first-order valence-electron chi connectivity index (χ1n) is 7.41. The first-order valence-corrected chi connectivity index (χ1v) is 7.41. The van der Waals surface area contributed by atoms with Crippen molar-refractivity contribution in [2.24, 2.45) is 5.92 Å². The fourth-order valence-electron chi connectivity index (χ4n) is 2.93. The molecule has 1 N–H and O–H groups in total. The van der Waals surface area contributed by atoms with Crippen LogP contribution in [0.15, 0.2) is 18.2 Å². The average molecular weight is 272 g/mol. The summed E-state index contributed by atoms with van der Waals surface area (Å²) >= 11 is 0. The maximum Gasteiger partial charge on any atom is 0.335 e. The molecule has 0 saturated heterocycles. The second-order valence-corrected chi connectivity index (χ2v) is 5.63. The van der Waals surface area contributed by atoms with E-state index in [-0.39, 0.29) is 0 Å². The third kappa shape index (κ3) is 2.30. The number of carboxylic acids is 1. The fourth-order valence-corrected chi connectivity index (χ4v) is 2.93. The molecule has 0 radical (unpaired) electrons. The molecule has 1 saturated carbocycles. The largest absolute Gasteiger partial charge is 0.478 e. The first-order chi connectivity index (χ1) is 9.69. The summed E-state index contributed by atoms with van der Waals surface area (Å²) in [6.07, 6.45) is 6.17. The molecule has 1 heterocycles. The second kappa shape index (κ2) is 5.27. The molecule has 0 unspecified atom stereocenters. The number of hydrogen-bond acceptors (Lipinski definition) is 2. The molecule has 0 aliphatic heterocycles. The number of hydrogen-bond donors (Lipinski definition) is 1. The Bertz CT molecular complexity index is 641. The lowest BCUT2D eigenvalue weighted by Crippen LogP contribution is -2.14. The van der Waals surface area contributed by atoms with Crippen LogP contribution in [0.3, 0.4) is 0 Å². The lowest BCUT2D eigenvalue weighted by atomic mass is 9.83. The summed E-state index contributed by atoms with van der Waals surface area (Å²) < 4.78 is 2.26. The molecule has 1 aromatic heterocycles. The SMILES string of the molecule is CCc1nc2cc(C(=O)O)ccc2n1CCC1CCC1. The van der Waals surface area contributed by atoms with Gasteiger partial charge in [-0.15, -0.1) is 0 Å². The Morgan fingerprint density at radius 3 is 2.85 bits per heavy atom. The summed E-state index contributed by atoms with van der Waals surface area (Å²) in [6, 6.07) is 5.24. The molecule has 3 rings (SSSR count). The van der Waals surface area contributed by atoms with Crippen LogP contribution in [-0.2, 0) is 13.0 Å². The van der Waals surface area contributed by atoms with Crippen LogP contribution in [-0.4, -0.2) is 20.6 Å². The van der Waals surface area contributed by atoms with Crippen molar-refractivity contribution in [1.29, 1.82) is 0 Å². The van der Waals surface area contributed by atoms with Gasteiger partial charge in [-0.05, 0) is 30.5 Å². The van der Waals surface area contributed by atoms with E-state index in [1.807, 2.05) is 6.07 Å². The number of imidazole rings is 1. The molecule has 1 aromatic carbocycles. The van der Waals surface area contributed by atoms with Crippen molar-refractivity contribution in [2.45, 2.75) is 45.6 Å². The molecule has 1 fully saturated rings. The number of benzene rings is 1. The Balaban J connectivity index is 1.93. The summed E-state index contributed by atoms with van der Waals surface area (Å²) in [5, 5.41) is 9.06. The Morgan fingerprint density at radius 1 is 1.45 bits per heavy atom. The third-order valence-electron chi connectivity index (χ3n) is 4.38. The highest BCUT2D eigenvalue weighted by Crippen LogP contribution is 2.30. The summed E-state index contributed by atoms with van der Waals surface area (Å²) in [7, 11) is 0. The maximum atomic E-state index is 11.0. The average Bonchev–Trinajstić information content (AvgIpc) is 2.74. The van der Waals surface area contributed by atoms with Crippen LogP contribution in [0.2, 0.25) is 0 Å². The molecule has 0 amide bonds. The number of aromatic carboxylic acids is 1. The quantitative estimate of drug-likeness (QED) is 0.906.